The van der Waals surface area contributed by atoms with Gasteiger partial charge in [0, 0.05) is 25.9 Å². The fourth-order valence-corrected chi connectivity index (χ4v) is 6.17. The molecular formula is C25H43N2O4+. The molecule has 7 unspecified atom stereocenters. The van der Waals surface area contributed by atoms with Gasteiger partial charge >= 0.3 is 0 Å². The number of fused-ring (bicyclic) bond motifs is 1. The summed E-state index contributed by atoms with van der Waals surface area (Å²) >= 11 is 0. The maximum absolute atomic E-state index is 13.0. The van der Waals surface area contributed by atoms with Crippen molar-refractivity contribution >= 4 is 11.6 Å². The number of Topliss-reactive ketones (excluding diaryl/α,β-unsaturated/α-hetero) is 2. The lowest BCUT2D eigenvalue weighted by atomic mass is 9.65. The second-order valence-electron chi connectivity index (χ2n) is 10.1. The molecule has 0 spiro atoms. The van der Waals surface area contributed by atoms with Crippen LogP contribution in [0.2, 0.25) is 0 Å². The summed E-state index contributed by atoms with van der Waals surface area (Å²) in [6.45, 7) is 3.14. The fraction of sp³-hybridized carbons (Fsp3) is 0.840. The Morgan fingerprint density at radius 3 is 2.68 bits per heavy atom. The van der Waals surface area contributed by atoms with Gasteiger partial charge in [-0.1, -0.05) is 25.8 Å². The smallest absolute Gasteiger partial charge is 0.165 e. The first-order valence-corrected chi connectivity index (χ1v) is 12.5. The van der Waals surface area contributed by atoms with Gasteiger partial charge in [-0.3, -0.25) is 15.3 Å². The Bertz CT molecular complexity index is 641. The van der Waals surface area contributed by atoms with E-state index in [1.54, 1.807) is 7.11 Å². The lowest BCUT2D eigenvalue weighted by Gasteiger charge is -2.43. The Hall–Kier alpha value is -1.08. The van der Waals surface area contributed by atoms with Crippen molar-refractivity contribution in [3.8, 4) is 0 Å². The Kier molecular flexibility index (Phi) is 9.26. The Balaban J connectivity index is 1.73. The molecule has 3 aliphatic rings. The van der Waals surface area contributed by atoms with Crippen molar-refractivity contribution in [2.75, 3.05) is 13.7 Å². The average molecular weight is 436 g/mol. The van der Waals surface area contributed by atoms with Crippen molar-refractivity contribution in [1.82, 2.24) is 0 Å². The summed E-state index contributed by atoms with van der Waals surface area (Å²) in [6, 6.07) is 0. The zero-order valence-corrected chi connectivity index (χ0v) is 19.4. The maximum Gasteiger partial charge on any atom is 0.165 e. The van der Waals surface area contributed by atoms with Crippen LogP contribution in [0.5, 0.6) is 0 Å². The van der Waals surface area contributed by atoms with Crippen molar-refractivity contribution in [2.24, 2.45) is 29.4 Å². The molecule has 2 fully saturated rings. The van der Waals surface area contributed by atoms with Crippen molar-refractivity contribution in [2.45, 2.75) is 95.9 Å². The van der Waals surface area contributed by atoms with E-state index >= 15 is 0 Å². The minimum atomic E-state index is -0.450. The quantitative estimate of drug-likeness (QED) is 0.380. The van der Waals surface area contributed by atoms with Crippen LogP contribution in [-0.4, -0.2) is 48.7 Å². The average Bonchev–Trinajstić information content (AvgIpc) is 2.93. The molecule has 2 aliphatic carbocycles. The van der Waals surface area contributed by atoms with E-state index in [0.717, 1.165) is 69.9 Å². The summed E-state index contributed by atoms with van der Waals surface area (Å²) in [6.07, 6.45) is 10.6. The van der Waals surface area contributed by atoms with Gasteiger partial charge in [0.15, 0.2) is 5.78 Å². The number of ether oxygens (including phenoxy) is 1. The minimum Gasteiger partial charge on any atom is -0.390 e. The molecule has 1 saturated heterocycles. The lowest BCUT2D eigenvalue weighted by Crippen LogP contribution is -2.95. The number of hydrogen-bond acceptors (Lipinski definition) is 5. The molecule has 3 rings (SSSR count). The van der Waals surface area contributed by atoms with Gasteiger partial charge in [-0.05, 0) is 61.9 Å². The molecule has 1 heterocycles. The van der Waals surface area contributed by atoms with Gasteiger partial charge in [-0.25, -0.2) is 0 Å². The summed E-state index contributed by atoms with van der Waals surface area (Å²) in [5, 5.41) is 12.9. The van der Waals surface area contributed by atoms with Crippen LogP contribution < -0.4 is 11.1 Å². The summed E-state index contributed by atoms with van der Waals surface area (Å²) in [4.78, 5) is 25.3. The second-order valence-corrected chi connectivity index (χ2v) is 10.1. The number of aliphatic hydroxyl groups excluding tert-OH is 1. The van der Waals surface area contributed by atoms with E-state index in [9.17, 15) is 14.7 Å². The predicted molar refractivity (Wildman–Crippen MR) is 120 cm³/mol. The zero-order chi connectivity index (χ0) is 22.4. The minimum absolute atomic E-state index is 0.0122. The molecule has 6 heteroatoms. The molecule has 0 radical (unpaired) electrons. The Morgan fingerprint density at radius 1 is 1.19 bits per heavy atom. The Labute approximate surface area is 187 Å². The highest BCUT2D eigenvalue weighted by Gasteiger charge is 2.44. The molecule has 6 nitrogen and oxygen atoms in total. The number of quaternary nitrogens is 1. The third kappa shape index (κ3) is 6.47. The normalized spacial score (nSPS) is 36.3. The largest absolute Gasteiger partial charge is 0.390 e. The zero-order valence-electron chi connectivity index (χ0n) is 19.4. The molecule has 0 aromatic carbocycles. The van der Waals surface area contributed by atoms with Gasteiger partial charge in [-0.15, -0.1) is 0 Å². The molecule has 0 bridgehead atoms. The van der Waals surface area contributed by atoms with Crippen molar-refractivity contribution in [1.29, 1.82) is 0 Å². The fourth-order valence-electron chi connectivity index (χ4n) is 6.17. The molecule has 0 amide bonds. The number of allylic oxidation sites excluding steroid dienone is 2. The molecule has 176 valence electrons. The van der Waals surface area contributed by atoms with E-state index in [0.29, 0.717) is 24.2 Å². The van der Waals surface area contributed by atoms with Crippen molar-refractivity contribution in [3.63, 3.8) is 0 Å². The first-order chi connectivity index (χ1) is 14.9. The van der Waals surface area contributed by atoms with Gasteiger partial charge < -0.3 is 15.2 Å². The van der Waals surface area contributed by atoms with E-state index in [1.807, 2.05) is 0 Å². The van der Waals surface area contributed by atoms with Crippen LogP contribution in [0.3, 0.4) is 0 Å². The maximum atomic E-state index is 13.0. The number of nitrogens with two attached hydrogens (primary N) is 2. The van der Waals surface area contributed by atoms with Crippen LogP contribution in [0.4, 0.5) is 0 Å². The second kappa shape index (κ2) is 11.7. The predicted octanol–water partition coefficient (Wildman–Crippen LogP) is 2.09. The molecule has 5 N–H and O–H groups in total. The number of hydrogen-bond donors (Lipinski definition) is 3. The first kappa shape index (κ1) is 24.6. The number of ketones is 2. The summed E-state index contributed by atoms with van der Waals surface area (Å²) < 4.78 is 5.56. The number of aliphatic hydroxyl groups is 1. The van der Waals surface area contributed by atoms with Gasteiger partial charge in [0.1, 0.15) is 11.9 Å². The molecular weight excluding hydrogens is 392 g/mol. The van der Waals surface area contributed by atoms with Gasteiger partial charge in [0.25, 0.3) is 0 Å². The third-order valence-electron chi connectivity index (χ3n) is 8.01. The number of piperidine rings is 1. The van der Waals surface area contributed by atoms with Crippen LogP contribution >= 0.6 is 0 Å². The van der Waals surface area contributed by atoms with Crippen LogP contribution in [-0.2, 0) is 14.3 Å². The number of carbonyl (C=O) groups excluding carboxylic acids is 2. The highest BCUT2D eigenvalue weighted by molar-refractivity contribution is 6.07. The summed E-state index contributed by atoms with van der Waals surface area (Å²) in [5.74, 6) is 1.71. The van der Waals surface area contributed by atoms with Gasteiger partial charge in [0.05, 0.1) is 25.2 Å². The van der Waals surface area contributed by atoms with Crippen molar-refractivity contribution < 1.29 is 24.7 Å². The van der Waals surface area contributed by atoms with E-state index in [-0.39, 0.29) is 36.2 Å². The molecule has 1 aliphatic heterocycles. The molecule has 0 aromatic heterocycles. The number of methoxy groups -OCH3 is 1. The first-order valence-electron chi connectivity index (χ1n) is 12.5. The van der Waals surface area contributed by atoms with E-state index < -0.39 is 6.10 Å². The number of unbranched alkanes of at least 4 members (excludes halogenated alkanes) is 2. The molecule has 7 atom stereocenters. The highest BCUT2D eigenvalue weighted by atomic mass is 16.5. The Morgan fingerprint density at radius 2 is 2.00 bits per heavy atom. The van der Waals surface area contributed by atoms with Crippen LogP contribution in [0.1, 0.15) is 77.6 Å². The van der Waals surface area contributed by atoms with Crippen LogP contribution in [0.15, 0.2) is 11.6 Å². The van der Waals surface area contributed by atoms with E-state index in [4.69, 9.17) is 10.5 Å². The summed E-state index contributed by atoms with van der Waals surface area (Å²) in [7, 11) is 1.66. The third-order valence-corrected chi connectivity index (χ3v) is 8.01. The van der Waals surface area contributed by atoms with Gasteiger partial charge in [0.2, 0.25) is 0 Å². The van der Waals surface area contributed by atoms with E-state index in [2.05, 4.69) is 18.3 Å². The molecule has 1 saturated carbocycles. The topological polar surface area (TPSA) is 106 Å². The standard InChI is InChI=1S/C25H42N2O4/c1-3-4-5-6-19(28)13-22(29)16-7-9-20(17-8-10-25(26)27-15-17)21-14-23(30)24(31-2)12-18(21)11-16/h11,17-18,20-21,23-25,27,30H,3-10,12-15,26H2,1-2H3/p+1. The summed E-state index contributed by atoms with van der Waals surface area (Å²) in [5.41, 5.74) is 6.94. The van der Waals surface area contributed by atoms with Gasteiger partial charge in [-0.2, -0.15) is 0 Å². The lowest BCUT2D eigenvalue weighted by molar-refractivity contribution is -0.704. The van der Waals surface area contributed by atoms with Crippen molar-refractivity contribution in [3.05, 3.63) is 11.6 Å². The van der Waals surface area contributed by atoms with E-state index in [1.165, 1.54) is 0 Å². The number of carbonyl (C=O) groups is 2. The SMILES string of the molecule is CCCCCC(=O)CC(=O)C1=CC2CC(OC)C(O)CC2C(C2CCC(N)[NH2+]C2)CC1. The highest BCUT2D eigenvalue weighted by Crippen LogP contribution is 2.46. The monoisotopic (exact) mass is 435 g/mol. The van der Waals surface area contributed by atoms with Crippen LogP contribution in [0.25, 0.3) is 0 Å². The van der Waals surface area contributed by atoms with Crippen LogP contribution in [0, 0.1) is 23.7 Å². The number of rotatable bonds is 9. The molecule has 31 heavy (non-hydrogen) atoms. The molecule has 0 aromatic rings.